The van der Waals surface area contributed by atoms with Gasteiger partial charge in [0.25, 0.3) is 0 Å². The number of benzene rings is 2. The minimum absolute atomic E-state index is 0.0696. The second-order valence-electron chi connectivity index (χ2n) is 5.01. The number of nitrogens with one attached hydrogen (secondary N) is 1. The molecule has 0 aliphatic rings. The lowest BCUT2D eigenvalue weighted by atomic mass is 10.1. The largest absolute Gasteiger partial charge is 0.497 e. The van der Waals surface area contributed by atoms with E-state index in [0.29, 0.717) is 17.9 Å². The third-order valence-corrected chi connectivity index (χ3v) is 3.21. The monoisotopic (exact) mass is 311 g/mol. The smallest absolute Gasteiger partial charge is 0.187 e. The Labute approximate surface area is 136 Å². The van der Waals surface area contributed by atoms with E-state index in [1.54, 1.807) is 31.4 Å². The van der Waals surface area contributed by atoms with Crippen LogP contribution in [0.15, 0.2) is 60.3 Å². The molecule has 0 aromatic heterocycles. The molecule has 0 radical (unpaired) electrons. The van der Waals surface area contributed by atoms with Crippen LogP contribution in [0.3, 0.4) is 0 Å². The van der Waals surface area contributed by atoms with Crippen LogP contribution < -0.4 is 14.8 Å². The first kappa shape index (κ1) is 16.6. The van der Waals surface area contributed by atoms with Crippen molar-refractivity contribution in [2.24, 2.45) is 0 Å². The first-order chi connectivity index (χ1) is 11.1. The maximum Gasteiger partial charge on any atom is 0.187 e. The Morgan fingerprint density at radius 2 is 1.87 bits per heavy atom. The van der Waals surface area contributed by atoms with Crippen molar-refractivity contribution < 1.29 is 14.3 Å². The number of allylic oxidation sites excluding steroid dienone is 2. The third kappa shape index (κ3) is 4.88. The number of carbonyl (C=O) groups is 1. The molecule has 0 amide bonds. The van der Waals surface area contributed by atoms with E-state index < -0.39 is 0 Å². The summed E-state index contributed by atoms with van der Waals surface area (Å²) < 4.78 is 10.5. The second-order valence-corrected chi connectivity index (χ2v) is 5.01. The molecule has 0 saturated carbocycles. The minimum Gasteiger partial charge on any atom is -0.497 e. The summed E-state index contributed by atoms with van der Waals surface area (Å²) in [7, 11) is 1.58. The molecule has 4 heteroatoms. The van der Waals surface area contributed by atoms with Gasteiger partial charge in [-0.25, -0.2) is 0 Å². The summed E-state index contributed by atoms with van der Waals surface area (Å²) in [4.78, 5) is 12.3. The summed E-state index contributed by atoms with van der Waals surface area (Å²) in [6, 6.07) is 14.7. The predicted molar refractivity (Wildman–Crippen MR) is 92.3 cm³/mol. The van der Waals surface area contributed by atoms with Gasteiger partial charge in [-0.05, 0) is 50.2 Å². The lowest BCUT2D eigenvalue weighted by Gasteiger charge is -2.08. The molecule has 0 aliphatic heterocycles. The van der Waals surface area contributed by atoms with Crippen molar-refractivity contribution >= 4 is 11.5 Å². The summed E-state index contributed by atoms with van der Waals surface area (Å²) in [6.45, 7) is 4.44. The van der Waals surface area contributed by atoms with Crippen LogP contribution in [0.5, 0.6) is 11.5 Å². The van der Waals surface area contributed by atoms with Crippen LogP contribution in [0.2, 0.25) is 0 Å². The van der Waals surface area contributed by atoms with Gasteiger partial charge in [0.05, 0.1) is 13.7 Å². The molecule has 0 aliphatic carbocycles. The molecule has 0 spiro atoms. The van der Waals surface area contributed by atoms with Gasteiger partial charge in [0.15, 0.2) is 5.78 Å². The summed E-state index contributed by atoms with van der Waals surface area (Å²) in [5, 5.41) is 3.19. The molecule has 0 heterocycles. The van der Waals surface area contributed by atoms with Crippen molar-refractivity contribution in [1.82, 2.24) is 0 Å². The molecule has 0 bridgehead atoms. The van der Waals surface area contributed by atoms with E-state index in [1.165, 1.54) is 0 Å². The van der Waals surface area contributed by atoms with Gasteiger partial charge in [-0.15, -0.1) is 0 Å². The Morgan fingerprint density at radius 3 is 2.52 bits per heavy atom. The van der Waals surface area contributed by atoms with Crippen molar-refractivity contribution in [1.29, 1.82) is 0 Å². The second kappa shape index (κ2) is 8.03. The number of rotatable bonds is 7. The van der Waals surface area contributed by atoms with Crippen molar-refractivity contribution in [2.75, 3.05) is 19.0 Å². The molecule has 0 saturated heterocycles. The number of ether oxygens (including phenoxy) is 2. The predicted octanol–water partition coefficient (Wildman–Crippen LogP) is 4.29. The Hall–Kier alpha value is -2.75. The summed E-state index contributed by atoms with van der Waals surface area (Å²) in [5.74, 6) is 1.42. The van der Waals surface area contributed by atoms with Crippen molar-refractivity contribution in [3.63, 3.8) is 0 Å². The third-order valence-electron chi connectivity index (χ3n) is 3.21. The number of ketones is 1. The topological polar surface area (TPSA) is 47.6 Å². The van der Waals surface area contributed by atoms with E-state index in [1.807, 2.05) is 44.2 Å². The van der Waals surface area contributed by atoms with E-state index in [9.17, 15) is 4.79 Å². The minimum atomic E-state index is -0.0696. The Bertz CT molecular complexity index is 690. The molecule has 2 rings (SSSR count). The normalized spacial score (nSPS) is 11.0. The zero-order valence-corrected chi connectivity index (χ0v) is 13.6. The highest BCUT2D eigenvalue weighted by atomic mass is 16.5. The molecule has 2 aromatic rings. The fourth-order valence-electron chi connectivity index (χ4n) is 2.12. The van der Waals surface area contributed by atoms with Crippen molar-refractivity contribution in [2.45, 2.75) is 13.8 Å². The SMILES string of the molecule is CCOc1ccc(NC(C)=CC(=O)c2cccc(OC)c2)cc1. The maximum absolute atomic E-state index is 12.3. The van der Waals surface area contributed by atoms with Gasteiger partial charge in [0.1, 0.15) is 11.5 Å². The number of hydrogen-bond donors (Lipinski definition) is 1. The van der Waals surface area contributed by atoms with Crippen LogP contribution >= 0.6 is 0 Å². The van der Waals surface area contributed by atoms with E-state index in [-0.39, 0.29) is 5.78 Å². The van der Waals surface area contributed by atoms with Crippen molar-refractivity contribution in [3.05, 3.63) is 65.9 Å². The van der Waals surface area contributed by atoms with Crippen molar-refractivity contribution in [3.8, 4) is 11.5 Å². The fourth-order valence-corrected chi connectivity index (χ4v) is 2.12. The summed E-state index contributed by atoms with van der Waals surface area (Å²) in [6.07, 6.45) is 1.57. The highest BCUT2D eigenvalue weighted by molar-refractivity contribution is 6.05. The van der Waals surface area contributed by atoms with E-state index >= 15 is 0 Å². The first-order valence-corrected chi connectivity index (χ1v) is 7.49. The molecule has 23 heavy (non-hydrogen) atoms. The zero-order valence-electron chi connectivity index (χ0n) is 13.6. The number of anilines is 1. The number of carbonyl (C=O) groups excluding carboxylic acids is 1. The van der Waals surface area contributed by atoms with Gasteiger partial charge in [0, 0.05) is 23.0 Å². The van der Waals surface area contributed by atoms with Crippen LogP contribution in [0.1, 0.15) is 24.2 Å². The van der Waals surface area contributed by atoms with Gasteiger partial charge in [-0.2, -0.15) is 0 Å². The van der Waals surface area contributed by atoms with E-state index in [0.717, 1.165) is 17.1 Å². The highest BCUT2D eigenvalue weighted by Gasteiger charge is 2.05. The molecule has 0 fully saturated rings. The fraction of sp³-hybridized carbons (Fsp3) is 0.211. The average molecular weight is 311 g/mol. The lowest BCUT2D eigenvalue weighted by molar-refractivity contribution is 0.104. The number of methoxy groups -OCH3 is 1. The molecule has 1 N–H and O–H groups in total. The average Bonchev–Trinajstić information content (AvgIpc) is 2.57. The maximum atomic E-state index is 12.3. The molecular formula is C19H21NO3. The quantitative estimate of drug-likeness (QED) is 0.612. The van der Waals surface area contributed by atoms with Crippen LogP contribution in [-0.4, -0.2) is 19.5 Å². The van der Waals surface area contributed by atoms with Crippen LogP contribution in [0.25, 0.3) is 0 Å². The standard InChI is InChI=1S/C19H21NO3/c1-4-23-17-10-8-16(9-11-17)20-14(2)12-19(21)15-6-5-7-18(13-15)22-3/h5-13,20H,4H2,1-3H3. The molecule has 0 unspecified atom stereocenters. The molecule has 4 nitrogen and oxygen atoms in total. The highest BCUT2D eigenvalue weighted by Crippen LogP contribution is 2.18. The molecule has 120 valence electrons. The number of hydrogen-bond acceptors (Lipinski definition) is 4. The molecular weight excluding hydrogens is 290 g/mol. The van der Waals surface area contributed by atoms with Gasteiger partial charge in [0.2, 0.25) is 0 Å². The lowest BCUT2D eigenvalue weighted by Crippen LogP contribution is -2.02. The van der Waals surface area contributed by atoms with E-state index in [2.05, 4.69) is 5.32 Å². The molecule has 0 atom stereocenters. The first-order valence-electron chi connectivity index (χ1n) is 7.49. The Kier molecular flexibility index (Phi) is 5.80. The summed E-state index contributed by atoms with van der Waals surface area (Å²) in [5.41, 5.74) is 2.26. The van der Waals surface area contributed by atoms with Crippen LogP contribution in [-0.2, 0) is 0 Å². The Balaban J connectivity index is 2.05. The zero-order chi connectivity index (χ0) is 16.7. The summed E-state index contributed by atoms with van der Waals surface area (Å²) >= 11 is 0. The van der Waals surface area contributed by atoms with E-state index in [4.69, 9.17) is 9.47 Å². The van der Waals surface area contributed by atoms with Crippen LogP contribution in [0, 0.1) is 0 Å². The molecule has 2 aromatic carbocycles. The Morgan fingerprint density at radius 1 is 1.13 bits per heavy atom. The van der Waals surface area contributed by atoms with Gasteiger partial charge < -0.3 is 14.8 Å². The van der Waals surface area contributed by atoms with Gasteiger partial charge in [-0.1, -0.05) is 12.1 Å². The van der Waals surface area contributed by atoms with Gasteiger partial charge >= 0.3 is 0 Å². The van der Waals surface area contributed by atoms with Crippen LogP contribution in [0.4, 0.5) is 5.69 Å². The van der Waals surface area contributed by atoms with Gasteiger partial charge in [-0.3, -0.25) is 4.79 Å².